The number of likely N-dealkylation sites (N-methyl/N-ethyl adjacent to an activating group) is 1. The molecule has 0 aliphatic rings. The number of hydrogen-bond acceptors (Lipinski definition) is 3. The zero-order chi connectivity index (χ0) is 15.8. The van der Waals surface area contributed by atoms with Crippen molar-refractivity contribution in [1.82, 2.24) is 10.2 Å². The smallest absolute Gasteiger partial charge is 0.237 e. The second kappa shape index (κ2) is 8.43. The van der Waals surface area contributed by atoms with Gasteiger partial charge in [0.15, 0.2) is 0 Å². The van der Waals surface area contributed by atoms with Crippen molar-refractivity contribution in [2.45, 2.75) is 26.3 Å². The molecule has 21 heavy (non-hydrogen) atoms. The Bertz CT molecular complexity index is 477. The minimum Gasteiger partial charge on any atom is -0.351 e. The minimum atomic E-state index is -0.643. The summed E-state index contributed by atoms with van der Waals surface area (Å²) in [4.78, 5) is 14.4. The lowest BCUT2D eigenvalue weighted by molar-refractivity contribution is -0.124. The van der Waals surface area contributed by atoms with E-state index in [0.717, 1.165) is 12.1 Å². The van der Waals surface area contributed by atoms with Gasteiger partial charge in [0, 0.05) is 12.6 Å². The number of carbonyl (C=O) groups excluding carboxylic acids is 1. The lowest BCUT2D eigenvalue weighted by atomic mass is 9.98. The summed E-state index contributed by atoms with van der Waals surface area (Å²) in [6.45, 7) is 4.92. The van der Waals surface area contributed by atoms with Crippen LogP contribution in [0.5, 0.6) is 0 Å². The minimum absolute atomic E-state index is 0.0547. The van der Waals surface area contributed by atoms with Crippen molar-refractivity contribution >= 4 is 5.91 Å². The van der Waals surface area contributed by atoms with E-state index < -0.39 is 5.92 Å². The van der Waals surface area contributed by atoms with Gasteiger partial charge in [0.25, 0.3) is 0 Å². The molecule has 0 bridgehead atoms. The van der Waals surface area contributed by atoms with Gasteiger partial charge in [-0.25, -0.2) is 0 Å². The Morgan fingerprint density at radius 2 is 1.90 bits per heavy atom. The molecule has 0 saturated carbocycles. The Balaban J connectivity index is 2.68. The van der Waals surface area contributed by atoms with Crippen molar-refractivity contribution in [1.29, 1.82) is 5.26 Å². The van der Waals surface area contributed by atoms with Gasteiger partial charge in [0.2, 0.25) is 5.91 Å². The van der Waals surface area contributed by atoms with Gasteiger partial charge in [-0.1, -0.05) is 44.2 Å². The number of benzene rings is 1. The van der Waals surface area contributed by atoms with E-state index in [9.17, 15) is 10.1 Å². The molecule has 2 atom stereocenters. The molecule has 4 nitrogen and oxygen atoms in total. The normalized spacial score (nSPS) is 13.8. The predicted octanol–water partition coefficient (Wildman–Crippen LogP) is 2.07. The van der Waals surface area contributed by atoms with Gasteiger partial charge in [-0.2, -0.15) is 5.26 Å². The Kier molecular flexibility index (Phi) is 6.90. The van der Waals surface area contributed by atoms with Crippen LogP contribution in [0, 0.1) is 23.2 Å². The number of hydrogen-bond donors (Lipinski definition) is 1. The first kappa shape index (κ1) is 17.2. The van der Waals surface area contributed by atoms with E-state index in [-0.39, 0.29) is 11.9 Å². The van der Waals surface area contributed by atoms with Crippen LogP contribution in [0.4, 0.5) is 0 Å². The van der Waals surface area contributed by atoms with Gasteiger partial charge < -0.3 is 10.2 Å². The van der Waals surface area contributed by atoms with E-state index in [1.807, 2.05) is 49.3 Å². The fourth-order valence-electron chi connectivity index (χ4n) is 2.15. The zero-order valence-corrected chi connectivity index (χ0v) is 13.3. The summed E-state index contributed by atoms with van der Waals surface area (Å²) in [6, 6.07) is 11.8. The number of rotatable bonds is 7. The van der Waals surface area contributed by atoms with Crippen LogP contribution in [0.15, 0.2) is 30.3 Å². The van der Waals surface area contributed by atoms with Crippen LogP contribution in [0.2, 0.25) is 0 Å². The lowest BCUT2D eigenvalue weighted by Crippen LogP contribution is -2.47. The Morgan fingerprint density at radius 1 is 1.29 bits per heavy atom. The molecule has 4 heteroatoms. The average molecular weight is 287 g/mol. The van der Waals surface area contributed by atoms with Crippen LogP contribution in [0.3, 0.4) is 0 Å². The summed E-state index contributed by atoms with van der Waals surface area (Å²) in [7, 11) is 3.96. The van der Waals surface area contributed by atoms with E-state index >= 15 is 0 Å². The SMILES string of the molecule is CC(C)C(CN(C)C)NC(=O)C(C#N)Cc1ccccc1. The Labute approximate surface area is 127 Å². The second-order valence-corrected chi connectivity index (χ2v) is 5.99. The maximum Gasteiger partial charge on any atom is 0.237 e. The van der Waals surface area contributed by atoms with Gasteiger partial charge in [0.1, 0.15) is 5.92 Å². The summed E-state index contributed by atoms with van der Waals surface area (Å²) in [6.07, 6.45) is 0.454. The first-order chi connectivity index (χ1) is 9.93. The lowest BCUT2D eigenvalue weighted by Gasteiger charge is -2.26. The average Bonchev–Trinajstić information content (AvgIpc) is 2.44. The molecule has 0 aromatic heterocycles. The van der Waals surface area contributed by atoms with Crippen LogP contribution < -0.4 is 5.32 Å². The standard InChI is InChI=1S/C17H25N3O/c1-13(2)16(12-20(3)4)19-17(21)15(11-18)10-14-8-6-5-7-9-14/h5-9,13,15-16H,10,12H2,1-4H3,(H,19,21). The molecule has 1 N–H and O–H groups in total. The zero-order valence-electron chi connectivity index (χ0n) is 13.3. The quantitative estimate of drug-likeness (QED) is 0.835. The van der Waals surface area contributed by atoms with Crippen molar-refractivity contribution in [3.8, 4) is 6.07 Å². The molecular formula is C17H25N3O. The first-order valence-electron chi connectivity index (χ1n) is 7.32. The molecule has 114 valence electrons. The van der Waals surface area contributed by atoms with Crippen molar-refractivity contribution < 1.29 is 4.79 Å². The molecule has 0 aliphatic carbocycles. The number of nitrogens with one attached hydrogen (secondary N) is 1. The monoisotopic (exact) mass is 287 g/mol. The van der Waals surface area contributed by atoms with Crippen molar-refractivity contribution in [2.75, 3.05) is 20.6 Å². The van der Waals surface area contributed by atoms with Crippen molar-refractivity contribution in [2.24, 2.45) is 11.8 Å². The highest BCUT2D eigenvalue weighted by Crippen LogP contribution is 2.10. The molecule has 0 spiro atoms. The molecule has 0 heterocycles. The molecule has 1 amide bonds. The fourth-order valence-corrected chi connectivity index (χ4v) is 2.15. The Hall–Kier alpha value is -1.86. The largest absolute Gasteiger partial charge is 0.351 e. The van der Waals surface area contributed by atoms with Crippen LogP contribution in [0.25, 0.3) is 0 Å². The highest BCUT2D eigenvalue weighted by Gasteiger charge is 2.23. The van der Waals surface area contributed by atoms with E-state index in [1.165, 1.54) is 0 Å². The molecule has 1 aromatic carbocycles. The summed E-state index contributed by atoms with van der Waals surface area (Å²) in [5.74, 6) is -0.495. The third kappa shape index (κ3) is 5.97. The van der Waals surface area contributed by atoms with Gasteiger partial charge in [0.05, 0.1) is 6.07 Å². The second-order valence-electron chi connectivity index (χ2n) is 5.99. The first-order valence-corrected chi connectivity index (χ1v) is 7.32. The van der Waals surface area contributed by atoms with E-state index in [0.29, 0.717) is 12.3 Å². The third-order valence-corrected chi connectivity index (χ3v) is 3.45. The van der Waals surface area contributed by atoms with Gasteiger partial charge in [-0.15, -0.1) is 0 Å². The van der Waals surface area contributed by atoms with Gasteiger partial charge in [-0.05, 0) is 32.0 Å². The highest BCUT2D eigenvalue weighted by atomic mass is 16.1. The van der Waals surface area contributed by atoms with Crippen LogP contribution >= 0.6 is 0 Å². The number of amides is 1. The molecule has 0 saturated heterocycles. The summed E-state index contributed by atoms with van der Waals surface area (Å²) in [5.41, 5.74) is 1.01. The highest BCUT2D eigenvalue weighted by molar-refractivity contribution is 5.81. The number of nitrogens with zero attached hydrogens (tertiary/aromatic N) is 2. The van der Waals surface area contributed by atoms with E-state index in [1.54, 1.807) is 0 Å². The van der Waals surface area contributed by atoms with Gasteiger partial charge >= 0.3 is 0 Å². The van der Waals surface area contributed by atoms with E-state index in [4.69, 9.17) is 0 Å². The van der Waals surface area contributed by atoms with Crippen LogP contribution in [-0.2, 0) is 11.2 Å². The summed E-state index contributed by atoms with van der Waals surface area (Å²) < 4.78 is 0. The molecule has 1 aromatic rings. The number of nitriles is 1. The Morgan fingerprint density at radius 3 is 2.38 bits per heavy atom. The maximum absolute atomic E-state index is 12.3. The predicted molar refractivity (Wildman–Crippen MR) is 84.6 cm³/mol. The fraction of sp³-hybridized carbons (Fsp3) is 0.529. The van der Waals surface area contributed by atoms with Crippen molar-refractivity contribution in [3.63, 3.8) is 0 Å². The summed E-state index contributed by atoms with van der Waals surface area (Å²) in [5, 5.41) is 12.3. The third-order valence-electron chi connectivity index (χ3n) is 3.45. The maximum atomic E-state index is 12.3. The number of carbonyl (C=O) groups is 1. The summed E-state index contributed by atoms with van der Waals surface area (Å²) >= 11 is 0. The van der Waals surface area contributed by atoms with Crippen LogP contribution in [-0.4, -0.2) is 37.5 Å². The molecule has 0 fully saturated rings. The van der Waals surface area contributed by atoms with Gasteiger partial charge in [-0.3, -0.25) is 4.79 Å². The van der Waals surface area contributed by atoms with Crippen LogP contribution in [0.1, 0.15) is 19.4 Å². The molecule has 1 rings (SSSR count). The molecule has 2 unspecified atom stereocenters. The molecular weight excluding hydrogens is 262 g/mol. The topological polar surface area (TPSA) is 56.1 Å². The molecule has 0 aliphatic heterocycles. The van der Waals surface area contributed by atoms with E-state index in [2.05, 4.69) is 25.2 Å². The van der Waals surface area contributed by atoms with Crippen molar-refractivity contribution in [3.05, 3.63) is 35.9 Å². The molecule has 0 radical (unpaired) electrons.